The van der Waals surface area contributed by atoms with Crippen molar-refractivity contribution in [2.24, 2.45) is 16.3 Å². The maximum Gasteiger partial charge on any atom is 0.191 e. The third-order valence-electron chi connectivity index (χ3n) is 7.75. The van der Waals surface area contributed by atoms with Gasteiger partial charge >= 0.3 is 0 Å². The van der Waals surface area contributed by atoms with E-state index in [4.69, 9.17) is 19.2 Å². The fourth-order valence-corrected chi connectivity index (χ4v) is 5.97. The smallest absolute Gasteiger partial charge is 0.191 e. The van der Waals surface area contributed by atoms with Crippen molar-refractivity contribution in [3.05, 3.63) is 29.3 Å². The van der Waals surface area contributed by atoms with E-state index in [1.165, 1.54) is 31.2 Å². The number of aliphatic imine (C=N–C) groups is 1. The van der Waals surface area contributed by atoms with Gasteiger partial charge < -0.3 is 24.8 Å². The molecule has 4 aliphatic rings. The number of guanidine groups is 1. The van der Waals surface area contributed by atoms with Crippen LogP contribution in [0.15, 0.2) is 23.2 Å². The van der Waals surface area contributed by atoms with Crippen molar-refractivity contribution >= 4 is 5.96 Å². The summed E-state index contributed by atoms with van der Waals surface area (Å²) in [4.78, 5) is 4.96. The van der Waals surface area contributed by atoms with Gasteiger partial charge in [0, 0.05) is 42.7 Å². The van der Waals surface area contributed by atoms with E-state index in [0.717, 1.165) is 49.9 Å². The van der Waals surface area contributed by atoms with Crippen LogP contribution in [0.25, 0.3) is 0 Å². The van der Waals surface area contributed by atoms with Crippen LogP contribution in [-0.4, -0.2) is 50.6 Å². The fraction of sp³-hybridized carbons (Fsp3) is 0.720. The summed E-state index contributed by atoms with van der Waals surface area (Å²) in [5, 5.41) is 7.26. The Hall–Kier alpha value is -1.79. The maximum atomic E-state index is 6.17. The van der Waals surface area contributed by atoms with Crippen LogP contribution in [0.5, 0.6) is 5.75 Å². The monoisotopic (exact) mass is 427 g/mol. The Bertz CT molecular complexity index is 801. The van der Waals surface area contributed by atoms with Gasteiger partial charge in [-0.2, -0.15) is 0 Å². The molecule has 0 aromatic heterocycles. The van der Waals surface area contributed by atoms with Crippen molar-refractivity contribution in [2.75, 3.05) is 26.4 Å². The minimum absolute atomic E-state index is 0.217. The molecule has 1 spiro atoms. The summed E-state index contributed by atoms with van der Waals surface area (Å²) in [6.07, 6.45) is 7.96. The van der Waals surface area contributed by atoms with Gasteiger partial charge in [-0.25, -0.2) is 4.99 Å². The summed E-state index contributed by atoms with van der Waals surface area (Å²) < 4.78 is 18.0. The number of rotatable bonds is 7. The van der Waals surface area contributed by atoms with Gasteiger partial charge in [0.05, 0.1) is 18.8 Å². The lowest BCUT2D eigenvalue weighted by atomic mass is 9.46. The molecule has 2 saturated carbocycles. The highest BCUT2D eigenvalue weighted by atomic mass is 16.5. The van der Waals surface area contributed by atoms with E-state index in [2.05, 4.69) is 42.7 Å². The molecule has 2 heterocycles. The second-order valence-corrected chi connectivity index (χ2v) is 9.71. The number of ether oxygens (including phenoxy) is 3. The third kappa shape index (κ3) is 4.05. The molecule has 1 aromatic carbocycles. The van der Waals surface area contributed by atoms with Crippen LogP contribution < -0.4 is 15.4 Å². The Kier molecular flexibility index (Phi) is 6.11. The van der Waals surface area contributed by atoms with Crippen LogP contribution in [0, 0.1) is 18.3 Å². The van der Waals surface area contributed by atoms with Gasteiger partial charge in [0.15, 0.2) is 5.96 Å². The highest BCUT2D eigenvalue weighted by Gasteiger charge is 2.66. The molecular formula is C25H37N3O3. The van der Waals surface area contributed by atoms with E-state index < -0.39 is 0 Å². The van der Waals surface area contributed by atoms with Crippen molar-refractivity contribution in [1.29, 1.82) is 0 Å². The summed E-state index contributed by atoms with van der Waals surface area (Å²) in [6.45, 7) is 8.07. The van der Waals surface area contributed by atoms with Crippen LogP contribution in [0.1, 0.15) is 56.6 Å². The van der Waals surface area contributed by atoms with Gasteiger partial charge in [0.2, 0.25) is 0 Å². The summed E-state index contributed by atoms with van der Waals surface area (Å²) in [6, 6.07) is 6.89. The molecule has 2 saturated heterocycles. The molecule has 4 atom stereocenters. The Morgan fingerprint density at radius 2 is 2.10 bits per heavy atom. The quantitative estimate of drug-likeness (QED) is 0.515. The lowest BCUT2D eigenvalue weighted by molar-refractivity contribution is -0.171. The highest BCUT2D eigenvalue weighted by molar-refractivity contribution is 5.80. The van der Waals surface area contributed by atoms with E-state index in [-0.39, 0.29) is 6.10 Å². The van der Waals surface area contributed by atoms with Crippen molar-refractivity contribution in [2.45, 2.75) is 77.2 Å². The van der Waals surface area contributed by atoms with Crippen molar-refractivity contribution in [1.82, 2.24) is 10.6 Å². The number of nitrogens with one attached hydrogen (secondary N) is 2. The molecule has 0 amide bonds. The molecule has 2 N–H and O–H groups in total. The molecule has 6 heteroatoms. The Morgan fingerprint density at radius 3 is 2.84 bits per heavy atom. The lowest BCUT2D eigenvalue weighted by Crippen LogP contribution is -2.72. The Balaban J connectivity index is 1.27. The van der Waals surface area contributed by atoms with Crippen LogP contribution in [0.2, 0.25) is 0 Å². The molecule has 31 heavy (non-hydrogen) atoms. The normalized spacial score (nSPS) is 31.1. The zero-order valence-corrected chi connectivity index (χ0v) is 19.0. The first-order valence-corrected chi connectivity index (χ1v) is 12.2. The topological polar surface area (TPSA) is 64.1 Å². The minimum Gasteiger partial charge on any atom is -0.491 e. The van der Waals surface area contributed by atoms with Crippen molar-refractivity contribution in [3.63, 3.8) is 0 Å². The van der Waals surface area contributed by atoms with Crippen LogP contribution in [0.3, 0.4) is 0 Å². The van der Waals surface area contributed by atoms with E-state index >= 15 is 0 Å². The average molecular weight is 428 g/mol. The molecule has 0 radical (unpaired) electrons. The molecule has 4 unspecified atom stereocenters. The zero-order valence-electron chi connectivity index (χ0n) is 19.0. The highest BCUT2D eigenvalue weighted by Crippen LogP contribution is 2.62. The zero-order chi connectivity index (χ0) is 21.3. The lowest BCUT2D eigenvalue weighted by Gasteiger charge is -2.63. The Labute approximate surface area is 186 Å². The molecule has 0 bridgehead atoms. The SMILES string of the molecule is CCNC(=NCc1ccc(C)cc1OCC1CCCO1)NC1C2CCOC2C12CCC2. The molecule has 170 valence electrons. The molecular weight excluding hydrogens is 390 g/mol. The predicted octanol–water partition coefficient (Wildman–Crippen LogP) is 3.57. The largest absolute Gasteiger partial charge is 0.491 e. The number of fused-ring (bicyclic) bond motifs is 2. The van der Waals surface area contributed by atoms with Crippen LogP contribution in [-0.2, 0) is 16.0 Å². The first kappa shape index (κ1) is 21.1. The van der Waals surface area contributed by atoms with Gasteiger partial charge in [0.25, 0.3) is 0 Å². The van der Waals surface area contributed by atoms with Gasteiger partial charge in [-0.05, 0) is 57.6 Å². The van der Waals surface area contributed by atoms with Gasteiger partial charge in [-0.1, -0.05) is 18.6 Å². The number of hydrogen-bond donors (Lipinski definition) is 2. The number of aryl methyl sites for hydroxylation is 1. The first-order chi connectivity index (χ1) is 15.2. The summed E-state index contributed by atoms with van der Waals surface area (Å²) >= 11 is 0. The molecule has 1 aromatic rings. The number of nitrogens with zero attached hydrogens (tertiary/aromatic N) is 1. The summed E-state index contributed by atoms with van der Waals surface area (Å²) in [5.41, 5.74) is 2.67. The molecule has 6 nitrogen and oxygen atoms in total. The minimum atomic E-state index is 0.217. The summed E-state index contributed by atoms with van der Waals surface area (Å²) in [7, 11) is 0. The van der Waals surface area contributed by atoms with Gasteiger partial charge in [-0.3, -0.25) is 0 Å². The van der Waals surface area contributed by atoms with Crippen LogP contribution in [0.4, 0.5) is 0 Å². The first-order valence-electron chi connectivity index (χ1n) is 12.2. The number of benzene rings is 1. The van der Waals surface area contributed by atoms with E-state index in [1.807, 2.05) is 0 Å². The predicted molar refractivity (Wildman–Crippen MR) is 122 cm³/mol. The second-order valence-electron chi connectivity index (χ2n) is 9.71. The second kappa shape index (κ2) is 8.99. The molecule has 5 rings (SSSR count). The Morgan fingerprint density at radius 1 is 1.19 bits per heavy atom. The molecule has 2 aliphatic heterocycles. The van der Waals surface area contributed by atoms with Gasteiger partial charge in [-0.15, -0.1) is 0 Å². The summed E-state index contributed by atoms with van der Waals surface area (Å²) in [5.74, 6) is 2.47. The van der Waals surface area contributed by atoms with E-state index in [0.29, 0.717) is 36.6 Å². The molecule has 4 fully saturated rings. The fourth-order valence-electron chi connectivity index (χ4n) is 5.97. The van der Waals surface area contributed by atoms with Crippen LogP contribution >= 0.6 is 0 Å². The average Bonchev–Trinajstić information content (AvgIpc) is 3.39. The molecule has 2 aliphatic carbocycles. The number of hydrogen-bond acceptors (Lipinski definition) is 4. The van der Waals surface area contributed by atoms with Crippen molar-refractivity contribution < 1.29 is 14.2 Å². The third-order valence-corrected chi connectivity index (χ3v) is 7.75. The maximum absolute atomic E-state index is 6.17. The van der Waals surface area contributed by atoms with E-state index in [9.17, 15) is 0 Å². The van der Waals surface area contributed by atoms with Crippen molar-refractivity contribution in [3.8, 4) is 5.75 Å². The standard InChI is InChI=1S/C25H37N3O3/c1-3-26-24(28-22-20-9-13-30-23(20)25(22)10-5-11-25)27-15-18-8-7-17(2)14-21(18)31-16-19-6-4-12-29-19/h7-8,14,19-20,22-23H,3-6,9-13,15-16H2,1-2H3,(H2,26,27,28). The van der Waals surface area contributed by atoms with E-state index in [1.54, 1.807) is 0 Å². The van der Waals surface area contributed by atoms with Gasteiger partial charge in [0.1, 0.15) is 12.4 Å².